The maximum absolute atomic E-state index is 13.7. The molecule has 0 unspecified atom stereocenters. The second kappa shape index (κ2) is 7.34. The molecule has 0 saturated carbocycles. The zero-order valence-corrected chi connectivity index (χ0v) is 15.4. The number of rotatable bonds is 3. The third-order valence-electron chi connectivity index (χ3n) is 4.88. The minimum atomic E-state index is -0.633. The molecular weight excluding hydrogens is 361 g/mol. The quantitative estimate of drug-likeness (QED) is 0.656. The van der Waals surface area contributed by atoms with E-state index in [0.29, 0.717) is 22.5 Å². The number of carbonyl (C=O) groups is 1. The fraction of sp³-hybridized carbons (Fsp3) is 0.238. The second-order valence-corrected chi connectivity index (χ2v) is 6.85. The van der Waals surface area contributed by atoms with Crippen molar-refractivity contribution in [2.45, 2.75) is 19.8 Å². The van der Waals surface area contributed by atoms with Gasteiger partial charge in [-0.3, -0.25) is 5.32 Å². The zero-order chi connectivity index (χ0) is 19.7. The van der Waals surface area contributed by atoms with Gasteiger partial charge in [-0.2, -0.15) is 0 Å². The highest BCUT2D eigenvalue weighted by molar-refractivity contribution is 6.06. The lowest BCUT2D eigenvalue weighted by molar-refractivity contribution is 0.262. The van der Waals surface area contributed by atoms with E-state index in [-0.39, 0.29) is 5.69 Å². The van der Waals surface area contributed by atoms with Gasteiger partial charge in [0, 0.05) is 24.2 Å². The van der Waals surface area contributed by atoms with E-state index < -0.39 is 17.5 Å². The molecule has 0 radical (unpaired) electrons. The van der Waals surface area contributed by atoms with E-state index in [0.717, 1.165) is 31.3 Å². The van der Waals surface area contributed by atoms with Crippen LogP contribution in [-0.2, 0) is 0 Å². The SMILES string of the molecule is Cc1ccc(NC(=O)Nc2c(N3CCCC3)c3ccccc3oc2=O)cc1F. The Hall–Kier alpha value is -3.35. The summed E-state index contributed by atoms with van der Waals surface area (Å²) in [6, 6.07) is 11.0. The van der Waals surface area contributed by atoms with Gasteiger partial charge in [0.05, 0.1) is 5.69 Å². The Morgan fingerprint density at radius 2 is 1.86 bits per heavy atom. The average Bonchev–Trinajstić information content (AvgIpc) is 3.19. The number of anilines is 3. The molecule has 1 fully saturated rings. The summed E-state index contributed by atoms with van der Waals surface area (Å²) in [5, 5.41) is 5.94. The molecule has 0 bridgehead atoms. The monoisotopic (exact) mass is 381 g/mol. The molecule has 2 aromatic carbocycles. The number of nitrogens with one attached hydrogen (secondary N) is 2. The summed E-state index contributed by atoms with van der Waals surface area (Å²) in [4.78, 5) is 27.2. The first kappa shape index (κ1) is 18.0. The summed E-state index contributed by atoms with van der Waals surface area (Å²) in [7, 11) is 0. The van der Waals surface area contributed by atoms with Gasteiger partial charge in [-0.15, -0.1) is 0 Å². The van der Waals surface area contributed by atoms with Crippen LogP contribution in [0.3, 0.4) is 0 Å². The van der Waals surface area contributed by atoms with Gasteiger partial charge in [0.1, 0.15) is 11.4 Å². The summed E-state index contributed by atoms with van der Waals surface area (Å²) < 4.78 is 19.1. The number of halogens is 1. The van der Waals surface area contributed by atoms with Gasteiger partial charge >= 0.3 is 11.7 Å². The predicted molar refractivity (Wildman–Crippen MR) is 108 cm³/mol. The van der Waals surface area contributed by atoms with Crippen molar-refractivity contribution in [3.8, 4) is 0 Å². The highest BCUT2D eigenvalue weighted by atomic mass is 19.1. The van der Waals surface area contributed by atoms with Crippen LogP contribution in [0.15, 0.2) is 51.7 Å². The summed E-state index contributed by atoms with van der Waals surface area (Å²) in [5.41, 5.74) is 1.39. The van der Waals surface area contributed by atoms with Gasteiger partial charge in [-0.1, -0.05) is 18.2 Å². The second-order valence-electron chi connectivity index (χ2n) is 6.85. The van der Waals surface area contributed by atoms with E-state index in [2.05, 4.69) is 15.5 Å². The van der Waals surface area contributed by atoms with E-state index in [1.54, 1.807) is 31.2 Å². The molecule has 1 saturated heterocycles. The topological polar surface area (TPSA) is 74.6 Å². The minimum Gasteiger partial charge on any atom is -0.421 e. The van der Waals surface area contributed by atoms with Crippen LogP contribution in [0, 0.1) is 12.7 Å². The van der Waals surface area contributed by atoms with Crippen LogP contribution in [0.5, 0.6) is 0 Å². The Labute approximate surface area is 161 Å². The molecular formula is C21H20FN3O3. The number of carbonyl (C=O) groups excluding carboxylic acids is 1. The molecule has 2 heterocycles. The number of para-hydroxylation sites is 1. The molecule has 1 aliphatic heterocycles. The van der Waals surface area contributed by atoms with E-state index >= 15 is 0 Å². The van der Waals surface area contributed by atoms with Crippen molar-refractivity contribution in [1.82, 2.24) is 0 Å². The summed E-state index contributed by atoms with van der Waals surface area (Å²) in [6.07, 6.45) is 2.03. The van der Waals surface area contributed by atoms with Crippen molar-refractivity contribution in [2.75, 3.05) is 28.6 Å². The molecule has 2 amide bonds. The highest BCUT2D eigenvalue weighted by Gasteiger charge is 2.23. The largest absolute Gasteiger partial charge is 0.421 e. The molecule has 144 valence electrons. The van der Waals surface area contributed by atoms with Crippen LogP contribution in [0.4, 0.5) is 26.2 Å². The van der Waals surface area contributed by atoms with Gasteiger partial charge in [-0.25, -0.2) is 14.0 Å². The molecule has 1 aliphatic rings. The molecule has 7 heteroatoms. The number of hydrogen-bond acceptors (Lipinski definition) is 4. The van der Waals surface area contributed by atoms with Gasteiger partial charge in [0.2, 0.25) is 0 Å². The number of benzene rings is 2. The van der Waals surface area contributed by atoms with Crippen molar-refractivity contribution >= 4 is 34.1 Å². The number of fused-ring (bicyclic) bond motifs is 1. The molecule has 28 heavy (non-hydrogen) atoms. The van der Waals surface area contributed by atoms with Crippen molar-refractivity contribution in [3.05, 3.63) is 64.3 Å². The third-order valence-corrected chi connectivity index (χ3v) is 4.88. The van der Waals surface area contributed by atoms with Crippen molar-refractivity contribution < 1.29 is 13.6 Å². The standard InChI is InChI=1S/C21H20FN3O3/c1-13-8-9-14(12-16(13)22)23-21(27)24-18-19(25-10-4-5-11-25)15-6-2-3-7-17(15)28-20(18)26/h2-3,6-9,12H,4-5,10-11H2,1H3,(H2,23,24,27). The molecule has 3 aromatic rings. The summed E-state index contributed by atoms with van der Waals surface area (Å²) >= 11 is 0. The first-order valence-corrected chi connectivity index (χ1v) is 9.18. The molecule has 4 rings (SSSR count). The highest BCUT2D eigenvalue weighted by Crippen LogP contribution is 2.34. The lowest BCUT2D eigenvalue weighted by Gasteiger charge is -2.22. The van der Waals surface area contributed by atoms with Gasteiger partial charge in [0.15, 0.2) is 5.69 Å². The minimum absolute atomic E-state index is 0.0886. The Bertz CT molecular complexity index is 1100. The Morgan fingerprint density at radius 3 is 2.61 bits per heavy atom. The van der Waals surface area contributed by atoms with Crippen molar-refractivity contribution in [1.29, 1.82) is 0 Å². The molecule has 0 spiro atoms. The molecule has 0 atom stereocenters. The van der Waals surface area contributed by atoms with Crippen LogP contribution < -0.4 is 21.2 Å². The van der Waals surface area contributed by atoms with E-state index in [9.17, 15) is 14.0 Å². The molecule has 6 nitrogen and oxygen atoms in total. The number of hydrogen-bond donors (Lipinski definition) is 2. The van der Waals surface area contributed by atoms with Crippen LogP contribution in [-0.4, -0.2) is 19.1 Å². The fourth-order valence-electron chi connectivity index (χ4n) is 3.46. The first-order valence-electron chi connectivity index (χ1n) is 9.18. The maximum Gasteiger partial charge on any atom is 0.362 e. The van der Waals surface area contributed by atoms with Gasteiger partial charge in [0.25, 0.3) is 0 Å². The first-order chi connectivity index (χ1) is 13.5. The fourth-order valence-corrected chi connectivity index (χ4v) is 3.46. The summed E-state index contributed by atoms with van der Waals surface area (Å²) in [5.74, 6) is -0.416. The summed E-state index contributed by atoms with van der Waals surface area (Å²) in [6.45, 7) is 3.24. The Kier molecular flexibility index (Phi) is 4.73. The van der Waals surface area contributed by atoms with Crippen LogP contribution in [0.25, 0.3) is 11.0 Å². The smallest absolute Gasteiger partial charge is 0.362 e. The van der Waals surface area contributed by atoms with Crippen molar-refractivity contribution in [2.24, 2.45) is 0 Å². The lowest BCUT2D eigenvalue weighted by Crippen LogP contribution is -2.28. The van der Waals surface area contributed by atoms with E-state index in [4.69, 9.17) is 4.42 Å². The van der Waals surface area contributed by atoms with Crippen LogP contribution >= 0.6 is 0 Å². The predicted octanol–water partition coefficient (Wildman–Crippen LogP) is 4.48. The van der Waals surface area contributed by atoms with E-state index in [1.165, 1.54) is 6.07 Å². The normalized spacial score (nSPS) is 13.7. The molecule has 1 aromatic heterocycles. The number of aryl methyl sites for hydroxylation is 1. The van der Waals surface area contributed by atoms with Gasteiger partial charge in [-0.05, 0) is 49.6 Å². The van der Waals surface area contributed by atoms with E-state index in [1.807, 2.05) is 12.1 Å². The number of nitrogens with zero attached hydrogens (tertiary/aromatic N) is 1. The maximum atomic E-state index is 13.7. The third kappa shape index (κ3) is 3.43. The zero-order valence-electron chi connectivity index (χ0n) is 15.4. The lowest BCUT2D eigenvalue weighted by atomic mass is 10.1. The Balaban J connectivity index is 1.70. The average molecular weight is 381 g/mol. The van der Waals surface area contributed by atoms with Gasteiger partial charge < -0.3 is 14.6 Å². The number of urea groups is 1. The van der Waals surface area contributed by atoms with Crippen LogP contribution in [0.2, 0.25) is 0 Å². The Morgan fingerprint density at radius 1 is 1.11 bits per heavy atom. The van der Waals surface area contributed by atoms with Crippen molar-refractivity contribution in [3.63, 3.8) is 0 Å². The molecule has 0 aliphatic carbocycles. The molecule has 2 N–H and O–H groups in total. The van der Waals surface area contributed by atoms with Crippen LogP contribution in [0.1, 0.15) is 18.4 Å². The number of amides is 2.